The molecule has 0 aromatic carbocycles. The van der Waals surface area contributed by atoms with Gasteiger partial charge in [0.25, 0.3) is 0 Å². The quantitative estimate of drug-likeness (QED) is 0.821. The average molecular weight is 254 g/mol. The van der Waals surface area contributed by atoms with Crippen molar-refractivity contribution in [2.45, 2.75) is 26.7 Å². The van der Waals surface area contributed by atoms with Crippen LogP contribution in [-0.4, -0.2) is 32.7 Å². The van der Waals surface area contributed by atoms with E-state index >= 15 is 0 Å². The van der Waals surface area contributed by atoms with Crippen LogP contribution in [0.4, 0.5) is 5.82 Å². The van der Waals surface area contributed by atoms with Gasteiger partial charge in [-0.3, -0.25) is 0 Å². The summed E-state index contributed by atoms with van der Waals surface area (Å²) < 4.78 is 1.67. The van der Waals surface area contributed by atoms with E-state index in [4.69, 9.17) is 11.6 Å². The molecule has 0 bridgehead atoms. The molecule has 0 atom stereocenters. The van der Waals surface area contributed by atoms with E-state index in [1.54, 1.807) is 16.9 Å². The van der Waals surface area contributed by atoms with Crippen LogP contribution in [0.15, 0.2) is 12.4 Å². The van der Waals surface area contributed by atoms with Crippen molar-refractivity contribution in [2.24, 2.45) is 0 Å². The van der Waals surface area contributed by atoms with E-state index in [2.05, 4.69) is 33.8 Å². The lowest BCUT2D eigenvalue weighted by Crippen LogP contribution is -2.27. The van der Waals surface area contributed by atoms with Gasteiger partial charge in [0.2, 0.25) is 5.28 Å². The van der Waals surface area contributed by atoms with Gasteiger partial charge in [0.15, 0.2) is 11.5 Å². The minimum Gasteiger partial charge on any atom is -0.353 e. The topological polar surface area (TPSA) is 46.3 Å². The first kappa shape index (κ1) is 12.1. The zero-order chi connectivity index (χ0) is 12.3. The minimum absolute atomic E-state index is 0.253. The molecule has 2 heterocycles. The number of rotatable bonds is 5. The molecule has 2 aromatic heterocycles. The average Bonchev–Trinajstić information content (AvgIpc) is 2.75. The number of fused-ring (bicyclic) bond motifs is 1. The lowest BCUT2D eigenvalue weighted by Gasteiger charge is -2.22. The molecule has 2 rings (SSSR count). The Hall–Kier alpha value is -1.36. The molecule has 0 saturated carbocycles. The van der Waals surface area contributed by atoms with Gasteiger partial charge in [0, 0.05) is 25.5 Å². The van der Waals surface area contributed by atoms with E-state index < -0.39 is 0 Å². The number of imidazole rings is 1. The van der Waals surface area contributed by atoms with E-state index in [1.807, 2.05) is 0 Å². The molecule has 92 valence electrons. The summed E-state index contributed by atoms with van der Waals surface area (Å²) in [6.07, 6.45) is 5.62. The van der Waals surface area contributed by atoms with Gasteiger partial charge in [-0.05, 0) is 24.4 Å². The van der Waals surface area contributed by atoms with Gasteiger partial charge < -0.3 is 4.90 Å². The standard InChI is InChI=1S/C11H16ClN5/c1-3-6-16(7-4-2)10-9-13-5-8-17(9)15-11(12)14-10/h5,8H,3-4,6-7H2,1-2H3. The normalized spacial score (nSPS) is 11.0. The highest BCUT2D eigenvalue weighted by molar-refractivity contribution is 6.28. The maximum Gasteiger partial charge on any atom is 0.243 e. The highest BCUT2D eigenvalue weighted by Gasteiger charge is 2.14. The van der Waals surface area contributed by atoms with Gasteiger partial charge >= 0.3 is 0 Å². The fourth-order valence-electron chi connectivity index (χ4n) is 1.86. The summed E-state index contributed by atoms with van der Waals surface area (Å²) in [7, 11) is 0. The Morgan fingerprint density at radius 2 is 2.00 bits per heavy atom. The Balaban J connectivity index is 2.46. The zero-order valence-electron chi connectivity index (χ0n) is 10.1. The molecule has 17 heavy (non-hydrogen) atoms. The molecule has 0 N–H and O–H groups in total. The van der Waals surface area contributed by atoms with E-state index in [9.17, 15) is 0 Å². The van der Waals surface area contributed by atoms with Gasteiger partial charge in [-0.2, -0.15) is 4.98 Å². The largest absolute Gasteiger partial charge is 0.353 e. The Morgan fingerprint density at radius 3 is 2.65 bits per heavy atom. The summed E-state index contributed by atoms with van der Waals surface area (Å²) in [5.74, 6) is 0.818. The Kier molecular flexibility index (Phi) is 3.78. The van der Waals surface area contributed by atoms with Gasteiger partial charge in [0.05, 0.1) is 0 Å². The molecule has 0 aliphatic carbocycles. The van der Waals surface area contributed by atoms with Crippen LogP contribution in [0.2, 0.25) is 5.28 Å². The molecule has 0 radical (unpaired) electrons. The Bertz CT molecular complexity index is 490. The van der Waals surface area contributed by atoms with Gasteiger partial charge in [-0.15, -0.1) is 5.10 Å². The van der Waals surface area contributed by atoms with Crippen molar-refractivity contribution in [1.82, 2.24) is 19.6 Å². The van der Waals surface area contributed by atoms with Crippen LogP contribution in [0.25, 0.3) is 5.65 Å². The lowest BCUT2D eigenvalue weighted by molar-refractivity contribution is 0.727. The van der Waals surface area contributed by atoms with Crippen molar-refractivity contribution in [1.29, 1.82) is 0 Å². The van der Waals surface area contributed by atoms with Crippen LogP contribution in [0.3, 0.4) is 0 Å². The number of anilines is 1. The number of nitrogens with zero attached hydrogens (tertiary/aromatic N) is 5. The minimum atomic E-state index is 0.253. The molecule has 6 heteroatoms. The second kappa shape index (κ2) is 5.31. The predicted octanol–water partition coefficient (Wildman–Crippen LogP) is 2.40. The van der Waals surface area contributed by atoms with E-state index in [-0.39, 0.29) is 5.28 Å². The van der Waals surface area contributed by atoms with E-state index in [0.29, 0.717) is 0 Å². The molecule has 0 fully saturated rings. The fraction of sp³-hybridized carbons (Fsp3) is 0.545. The van der Waals surface area contributed by atoms with Crippen molar-refractivity contribution < 1.29 is 0 Å². The predicted molar refractivity (Wildman–Crippen MR) is 68.6 cm³/mol. The van der Waals surface area contributed by atoms with Crippen LogP contribution in [0.5, 0.6) is 0 Å². The SMILES string of the molecule is CCCN(CCC)c1nc(Cl)nn2ccnc12. The highest BCUT2D eigenvalue weighted by atomic mass is 35.5. The summed E-state index contributed by atoms with van der Waals surface area (Å²) in [5, 5.41) is 4.33. The summed E-state index contributed by atoms with van der Waals surface area (Å²) in [4.78, 5) is 10.8. The maximum absolute atomic E-state index is 5.93. The van der Waals surface area contributed by atoms with E-state index in [1.165, 1.54) is 0 Å². The molecule has 2 aromatic rings. The first-order chi connectivity index (χ1) is 8.26. The Labute approximate surface area is 105 Å². The first-order valence-corrected chi connectivity index (χ1v) is 6.25. The van der Waals surface area contributed by atoms with Crippen molar-refractivity contribution >= 4 is 23.1 Å². The van der Waals surface area contributed by atoms with E-state index in [0.717, 1.165) is 37.4 Å². The molecule has 0 unspecified atom stereocenters. The number of hydrogen-bond donors (Lipinski definition) is 0. The van der Waals surface area contributed by atoms with Gasteiger partial charge in [0.1, 0.15) is 0 Å². The molecule has 5 nitrogen and oxygen atoms in total. The van der Waals surface area contributed by atoms with Crippen LogP contribution >= 0.6 is 11.6 Å². The first-order valence-electron chi connectivity index (χ1n) is 5.88. The molecular formula is C11H16ClN5. The molecule has 0 aliphatic heterocycles. The van der Waals surface area contributed by atoms with Crippen LogP contribution in [-0.2, 0) is 0 Å². The summed E-state index contributed by atoms with van der Waals surface area (Å²) in [6.45, 7) is 6.19. The Morgan fingerprint density at radius 1 is 1.29 bits per heavy atom. The van der Waals surface area contributed by atoms with Crippen molar-refractivity contribution in [3.05, 3.63) is 17.7 Å². The summed E-state index contributed by atoms with van der Waals surface area (Å²) >= 11 is 5.93. The second-order valence-electron chi connectivity index (χ2n) is 3.89. The number of halogens is 1. The number of hydrogen-bond acceptors (Lipinski definition) is 4. The fourth-order valence-corrected chi connectivity index (χ4v) is 2.02. The van der Waals surface area contributed by atoms with Crippen LogP contribution < -0.4 is 4.90 Å². The van der Waals surface area contributed by atoms with Crippen molar-refractivity contribution in [3.8, 4) is 0 Å². The smallest absolute Gasteiger partial charge is 0.243 e. The number of aromatic nitrogens is 4. The molecular weight excluding hydrogens is 238 g/mol. The third kappa shape index (κ3) is 2.49. The molecule has 0 amide bonds. The maximum atomic E-state index is 5.93. The van der Waals surface area contributed by atoms with Gasteiger partial charge in [-0.25, -0.2) is 9.50 Å². The third-order valence-corrected chi connectivity index (χ3v) is 2.66. The second-order valence-corrected chi connectivity index (χ2v) is 4.22. The molecule has 0 spiro atoms. The third-order valence-electron chi connectivity index (χ3n) is 2.50. The monoisotopic (exact) mass is 253 g/mol. The van der Waals surface area contributed by atoms with Gasteiger partial charge in [-0.1, -0.05) is 13.8 Å². The molecule has 0 saturated heterocycles. The highest BCUT2D eigenvalue weighted by Crippen LogP contribution is 2.19. The van der Waals surface area contributed by atoms with Crippen molar-refractivity contribution in [3.63, 3.8) is 0 Å². The van der Waals surface area contributed by atoms with Crippen LogP contribution in [0.1, 0.15) is 26.7 Å². The van der Waals surface area contributed by atoms with Crippen molar-refractivity contribution in [2.75, 3.05) is 18.0 Å². The molecule has 0 aliphatic rings. The summed E-state index contributed by atoms with van der Waals surface area (Å²) in [6, 6.07) is 0. The van der Waals surface area contributed by atoms with Crippen LogP contribution in [0, 0.1) is 0 Å². The lowest BCUT2D eigenvalue weighted by atomic mass is 10.3. The zero-order valence-corrected chi connectivity index (χ0v) is 10.9. The summed E-state index contributed by atoms with van der Waals surface area (Å²) in [5.41, 5.74) is 0.760.